The lowest BCUT2D eigenvalue weighted by atomic mass is 9.98. The van der Waals surface area contributed by atoms with Crippen LogP contribution in [0.2, 0.25) is 0 Å². The molecule has 0 aliphatic carbocycles. The molecule has 6 heteroatoms. The molecule has 0 radical (unpaired) electrons. The summed E-state index contributed by atoms with van der Waals surface area (Å²) in [5, 5.41) is 13.5. The number of para-hydroxylation sites is 1. The van der Waals surface area contributed by atoms with Crippen molar-refractivity contribution in [1.82, 2.24) is 14.5 Å². The minimum Gasteiger partial charge on any atom is -0.350 e. The van der Waals surface area contributed by atoms with Crippen molar-refractivity contribution in [2.75, 3.05) is 0 Å². The molecule has 0 saturated heterocycles. The van der Waals surface area contributed by atoms with E-state index >= 15 is 0 Å². The zero-order valence-corrected chi connectivity index (χ0v) is 15.9. The Morgan fingerprint density at radius 1 is 0.931 bits per heavy atom. The lowest BCUT2D eigenvalue weighted by Gasteiger charge is -2.06. The second-order valence-corrected chi connectivity index (χ2v) is 7.18. The number of aromatic nitrogens is 2. The quantitative estimate of drug-likeness (QED) is 0.543. The van der Waals surface area contributed by atoms with Crippen molar-refractivity contribution in [2.24, 2.45) is 14.1 Å². The van der Waals surface area contributed by atoms with E-state index in [1.54, 1.807) is 12.1 Å². The Bertz CT molecular complexity index is 1440. The Kier molecular flexibility index (Phi) is 3.49. The SMILES string of the molecule is Cn1cc(C2=C(c3cc4ccccc4n3C)C(=O)NC2=O)c2ccc(C#N)cc21. The number of nitrogens with zero attached hydrogens (tertiary/aromatic N) is 3. The molecule has 140 valence electrons. The zero-order valence-electron chi connectivity index (χ0n) is 15.9. The van der Waals surface area contributed by atoms with E-state index in [-0.39, 0.29) is 0 Å². The van der Waals surface area contributed by atoms with E-state index in [0.717, 1.165) is 21.8 Å². The second-order valence-electron chi connectivity index (χ2n) is 7.18. The molecule has 3 heterocycles. The first kappa shape index (κ1) is 17.0. The molecule has 4 aromatic rings. The summed E-state index contributed by atoms with van der Waals surface area (Å²) in [5.74, 6) is -0.811. The summed E-state index contributed by atoms with van der Waals surface area (Å²) >= 11 is 0. The van der Waals surface area contributed by atoms with Crippen molar-refractivity contribution < 1.29 is 9.59 Å². The number of rotatable bonds is 2. The van der Waals surface area contributed by atoms with Crippen LogP contribution in [0.4, 0.5) is 0 Å². The van der Waals surface area contributed by atoms with Crippen LogP contribution in [0.1, 0.15) is 16.8 Å². The molecule has 5 rings (SSSR count). The van der Waals surface area contributed by atoms with Crippen molar-refractivity contribution in [3.8, 4) is 6.07 Å². The highest BCUT2D eigenvalue weighted by atomic mass is 16.2. The first-order valence-electron chi connectivity index (χ1n) is 9.14. The predicted octanol–water partition coefficient (Wildman–Crippen LogP) is 3.11. The molecule has 0 unspecified atom stereocenters. The Balaban J connectivity index is 1.84. The van der Waals surface area contributed by atoms with E-state index in [4.69, 9.17) is 0 Å². The van der Waals surface area contributed by atoms with Crippen LogP contribution in [-0.2, 0) is 23.7 Å². The highest BCUT2D eigenvalue weighted by Crippen LogP contribution is 2.37. The highest BCUT2D eigenvalue weighted by molar-refractivity contribution is 6.50. The predicted molar refractivity (Wildman–Crippen MR) is 111 cm³/mol. The summed E-state index contributed by atoms with van der Waals surface area (Å²) in [6.45, 7) is 0. The van der Waals surface area contributed by atoms with E-state index in [1.165, 1.54) is 0 Å². The lowest BCUT2D eigenvalue weighted by molar-refractivity contribution is -0.122. The van der Waals surface area contributed by atoms with Gasteiger partial charge in [0.1, 0.15) is 0 Å². The lowest BCUT2D eigenvalue weighted by Crippen LogP contribution is -2.23. The van der Waals surface area contributed by atoms with Gasteiger partial charge < -0.3 is 9.13 Å². The van der Waals surface area contributed by atoms with Gasteiger partial charge in [0.25, 0.3) is 11.8 Å². The van der Waals surface area contributed by atoms with Gasteiger partial charge in [-0.1, -0.05) is 24.3 Å². The van der Waals surface area contributed by atoms with Gasteiger partial charge in [-0.2, -0.15) is 5.26 Å². The number of fused-ring (bicyclic) bond motifs is 2. The molecule has 1 N–H and O–H groups in total. The van der Waals surface area contributed by atoms with E-state index in [2.05, 4.69) is 11.4 Å². The summed E-state index contributed by atoms with van der Waals surface area (Å²) in [6.07, 6.45) is 1.84. The molecule has 2 aromatic carbocycles. The molecule has 29 heavy (non-hydrogen) atoms. The number of nitrogens with one attached hydrogen (secondary N) is 1. The standard InChI is InChI=1S/C23H16N4O2/c1-26-12-16(15-8-7-13(11-24)9-18(15)26)20-21(23(29)25-22(20)28)19-10-14-5-3-4-6-17(14)27(19)2/h3-10,12H,1-2H3,(H,25,28,29). The van der Waals surface area contributed by atoms with Crippen LogP contribution in [0.25, 0.3) is 33.0 Å². The van der Waals surface area contributed by atoms with Crippen LogP contribution in [0.3, 0.4) is 0 Å². The van der Waals surface area contributed by atoms with Crippen LogP contribution in [0, 0.1) is 11.3 Å². The average Bonchev–Trinajstić information content (AvgIpc) is 3.32. The maximum atomic E-state index is 12.8. The van der Waals surface area contributed by atoms with Gasteiger partial charge in [0, 0.05) is 47.7 Å². The summed E-state index contributed by atoms with van der Waals surface area (Å²) in [4.78, 5) is 25.6. The molecule has 1 aliphatic rings. The Labute approximate surface area is 166 Å². The van der Waals surface area contributed by atoms with Crippen LogP contribution in [0.5, 0.6) is 0 Å². The number of carbonyl (C=O) groups excluding carboxylic acids is 2. The van der Waals surface area contributed by atoms with Gasteiger partial charge in [0.2, 0.25) is 0 Å². The Morgan fingerprint density at radius 3 is 2.45 bits per heavy atom. The summed E-state index contributed by atoms with van der Waals surface area (Å²) < 4.78 is 3.80. The normalized spacial score (nSPS) is 14.1. The number of hydrogen-bond donors (Lipinski definition) is 1. The molecule has 0 saturated carbocycles. The van der Waals surface area contributed by atoms with Crippen LogP contribution >= 0.6 is 0 Å². The molecular formula is C23H16N4O2. The number of carbonyl (C=O) groups is 2. The number of benzene rings is 2. The maximum absolute atomic E-state index is 12.8. The van der Waals surface area contributed by atoms with Gasteiger partial charge in [-0.3, -0.25) is 14.9 Å². The van der Waals surface area contributed by atoms with E-state index in [9.17, 15) is 14.9 Å². The van der Waals surface area contributed by atoms with Gasteiger partial charge in [0.05, 0.1) is 28.5 Å². The second kappa shape index (κ2) is 5.94. The van der Waals surface area contributed by atoms with Gasteiger partial charge in [-0.25, -0.2) is 0 Å². The number of amides is 2. The van der Waals surface area contributed by atoms with Crippen molar-refractivity contribution in [1.29, 1.82) is 5.26 Å². The maximum Gasteiger partial charge on any atom is 0.261 e. The minimum absolute atomic E-state index is 0.358. The molecule has 2 aromatic heterocycles. The Morgan fingerprint density at radius 2 is 1.69 bits per heavy atom. The van der Waals surface area contributed by atoms with Crippen molar-refractivity contribution in [3.63, 3.8) is 0 Å². The van der Waals surface area contributed by atoms with Gasteiger partial charge >= 0.3 is 0 Å². The third-order valence-corrected chi connectivity index (χ3v) is 5.53. The number of hydrogen-bond acceptors (Lipinski definition) is 3. The zero-order chi connectivity index (χ0) is 20.3. The fraction of sp³-hybridized carbons (Fsp3) is 0.0870. The summed E-state index contributed by atoms with van der Waals surface area (Å²) in [7, 11) is 3.75. The first-order valence-corrected chi connectivity index (χ1v) is 9.14. The van der Waals surface area contributed by atoms with Crippen molar-refractivity contribution in [2.45, 2.75) is 0 Å². The minimum atomic E-state index is -0.410. The summed E-state index contributed by atoms with van der Waals surface area (Å²) in [6, 6.07) is 17.2. The molecule has 0 atom stereocenters. The largest absolute Gasteiger partial charge is 0.350 e. The van der Waals surface area contributed by atoms with Crippen LogP contribution < -0.4 is 5.32 Å². The fourth-order valence-electron chi connectivity index (χ4n) is 4.14. The monoisotopic (exact) mass is 380 g/mol. The Hall–Kier alpha value is -4.11. The third kappa shape index (κ3) is 2.34. The number of imide groups is 1. The molecule has 0 fully saturated rings. The van der Waals surface area contributed by atoms with E-state index < -0.39 is 11.8 Å². The van der Waals surface area contributed by atoms with E-state index in [1.807, 2.05) is 65.8 Å². The molecular weight excluding hydrogens is 364 g/mol. The first-order chi connectivity index (χ1) is 14.0. The smallest absolute Gasteiger partial charge is 0.261 e. The number of aryl methyl sites for hydroxylation is 2. The molecule has 6 nitrogen and oxygen atoms in total. The van der Waals surface area contributed by atoms with Crippen LogP contribution in [-0.4, -0.2) is 20.9 Å². The van der Waals surface area contributed by atoms with Gasteiger partial charge in [-0.05, 0) is 24.3 Å². The van der Waals surface area contributed by atoms with Gasteiger partial charge in [-0.15, -0.1) is 0 Å². The molecule has 0 bridgehead atoms. The molecule has 1 aliphatic heterocycles. The van der Waals surface area contributed by atoms with E-state index in [0.29, 0.717) is 28.0 Å². The average molecular weight is 380 g/mol. The van der Waals surface area contributed by atoms with Crippen LogP contribution in [0.15, 0.2) is 54.7 Å². The summed E-state index contributed by atoms with van der Waals surface area (Å²) in [5.41, 5.74) is 4.45. The number of nitriles is 1. The van der Waals surface area contributed by atoms with Crippen molar-refractivity contribution in [3.05, 3.63) is 71.5 Å². The third-order valence-electron chi connectivity index (χ3n) is 5.53. The molecule has 0 spiro atoms. The highest BCUT2D eigenvalue weighted by Gasteiger charge is 2.35. The van der Waals surface area contributed by atoms with Gasteiger partial charge in [0.15, 0.2) is 0 Å². The van der Waals surface area contributed by atoms with Crippen molar-refractivity contribution >= 4 is 44.8 Å². The fourth-order valence-corrected chi connectivity index (χ4v) is 4.14. The topological polar surface area (TPSA) is 79.8 Å². The molecule has 2 amide bonds.